The molecule has 0 bridgehead atoms. The van der Waals surface area contributed by atoms with E-state index >= 15 is 0 Å². The molecule has 3 nitrogen and oxygen atoms in total. The fourth-order valence-electron chi connectivity index (χ4n) is 3.43. The van der Waals surface area contributed by atoms with Gasteiger partial charge >= 0.3 is 0 Å². The molecule has 0 spiro atoms. The number of aliphatic hydroxyl groups excluding tert-OH is 1. The molecule has 1 aliphatic carbocycles. The van der Waals surface area contributed by atoms with Gasteiger partial charge in [0, 0.05) is 12.0 Å². The zero-order valence-electron chi connectivity index (χ0n) is 11.1. The molecular formula is C14H25NO2. The Kier molecular flexibility index (Phi) is 3.76. The van der Waals surface area contributed by atoms with E-state index < -0.39 is 0 Å². The van der Waals surface area contributed by atoms with Crippen LogP contribution >= 0.6 is 0 Å². The first-order chi connectivity index (χ1) is 8.08. The third-order valence-corrected chi connectivity index (χ3v) is 4.80. The fourth-order valence-corrected chi connectivity index (χ4v) is 3.43. The third kappa shape index (κ3) is 2.35. The summed E-state index contributed by atoms with van der Waals surface area (Å²) in [4.78, 5) is 14.6. The lowest BCUT2D eigenvalue weighted by Gasteiger charge is -2.38. The molecule has 1 saturated heterocycles. The summed E-state index contributed by atoms with van der Waals surface area (Å²) in [6.45, 7) is 5.20. The lowest BCUT2D eigenvalue weighted by Crippen LogP contribution is -2.47. The maximum Gasteiger partial charge on any atom is 0.228 e. The van der Waals surface area contributed by atoms with Crippen LogP contribution < -0.4 is 0 Å². The molecule has 0 aromatic carbocycles. The molecule has 1 aliphatic heterocycles. The standard InChI is InChI=1S/C14H25NO2/c1-11-6-9-15(12(11)10-16)13(17)14(2)7-4-3-5-8-14/h11-12,16H,3-10H2,1-2H3. The number of amides is 1. The summed E-state index contributed by atoms with van der Waals surface area (Å²) in [7, 11) is 0. The number of rotatable bonds is 2. The van der Waals surface area contributed by atoms with E-state index in [-0.39, 0.29) is 18.1 Å². The van der Waals surface area contributed by atoms with E-state index in [1.807, 2.05) is 4.90 Å². The monoisotopic (exact) mass is 239 g/mol. The van der Waals surface area contributed by atoms with Crippen molar-refractivity contribution in [3.63, 3.8) is 0 Å². The third-order valence-electron chi connectivity index (χ3n) is 4.80. The van der Waals surface area contributed by atoms with Gasteiger partial charge in [-0.1, -0.05) is 33.1 Å². The van der Waals surface area contributed by atoms with Crippen LogP contribution in [0.3, 0.4) is 0 Å². The Morgan fingerprint density at radius 3 is 2.59 bits per heavy atom. The summed E-state index contributed by atoms with van der Waals surface area (Å²) in [5.41, 5.74) is -0.157. The molecule has 2 rings (SSSR count). The largest absolute Gasteiger partial charge is 0.394 e. The van der Waals surface area contributed by atoms with Crippen molar-refractivity contribution in [3.05, 3.63) is 0 Å². The average molecular weight is 239 g/mol. The van der Waals surface area contributed by atoms with E-state index in [0.29, 0.717) is 11.8 Å². The zero-order chi connectivity index (χ0) is 12.5. The normalized spacial score (nSPS) is 32.8. The summed E-state index contributed by atoms with van der Waals surface area (Å²) >= 11 is 0. The van der Waals surface area contributed by atoms with Crippen LogP contribution in [0.1, 0.15) is 52.4 Å². The molecule has 2 atom stereocenters. The first kappa shape index (κ1) is 12.9. The van der Waals surface area contributed by atoms with Crippen molar-refractivity contribution < 1.29 is 9.90 Å². The van der Waals surface area contributed by atoms with E-state index in [1.165, 1.54) is 19.3 Å². The van der Waals surface area contributed by atoms with Crippen molar-refractivity contribution >= 4 is 5.91 Å². The highest BCUT2D eigenvalue weighted by atomic mass is 16.3. The van der Waals surface area contributed by atoms with Gasteiger partial charge in [-0.05, 0) is 25.2 Å². The molecule has 0 aromatic heterocycles. The Bertz CT molecular complexity index is 284. The molecule has 0 radical (unpaired) electrons. The van der Waals surface area contributed by atoms with Gasteiger partial charge < -0.3 is 10.0 Å². The second-order valence-electron chi connectivity index (χ2n) is 6.14. The minimum Gasteiger partial charge on any atom is -0.394 e. The number of carbonyl (C=O) groups is 1. The van der Waals surface area contributed by atoms with Crippen LogP contribution in [0, 0.1) is 11.3 Å². The maximum absolute atomic E-state index is 12.7. The molecule has 17 heavy (non-hydrogen) atoms. The van der Waals surface area contributed by atoms with E-state index in [1.54, 1.807) is 0 Å². The molecule has 2 unspecified atom stereocenters. The van der Waals surface area contributed by atoms with Gasteiger partial charge in [-0.2, -0.15) is 0 Å². The summed E-state index contributed by atoms with van der Waals surface area (Å²) in [6.07, 6.45) is 6.70. The topological polar surface area (TPSA) is 40.5 Å². The Morgan fingerprint density at radius 1 is 1.35 bits per heavy atom. The van der Waals surface area contributed by atoms with Crippen LogP contribution in [0.5, 0.6) is 0 Å². The Labute approximate surface area is 104 Å². The van der Waals surface area contributed by atoms with Crippen molar-refractivity contribution in [2.45, 2.75) is 58.4 Å². The number of carbonyl (C=O) groups excluding carboxylic acids is 1. The number of hydrogen-bond donors (Lipinski definition) is 1. The highest BCUT2D eigenvalue weighted by molar-refractivity contribution is 5.83. The molecule has 2 aliphatic rings. The Balaban J connectivity index is 2.08. The lowest BCUT2D eigenvalue weighted by atomic mass is 9.74. The molecule has 1 N–H and O–H groups in total. The van der Waals surface area contributed by atoms with Crippen LogP contribution in [-0.2, 0) is 4.79 Å². The van der Waals surface area contributed by atoms with Crippen molar-refractivity contribution in [3.8, 4) is 0 Å². The minimum atomic E-state index is -0.157. The Hall–Kier alpha value is -0.570. The van der Waals surface area contributed by atoms with Gasteiger partial charge in [0.2, 0.25) is 5.91 Å². The molecule has 98 valence electrons. The lowest BCUT2D eigenvalue weighted by molar-refractivity contribution is -0.145. The molecule has 0 aromatic rings. The van der Waals surface area contributed by atoms with E-state index in [0.717, 1.165) is 25.8 Å². The van der Waals surface area contributed by atoms with Crippen molar-refractivity contribution in [2.24, 2.45) is 11.3 Å². The second-order valence-corrected chi connectivity index (χ2v) is 6.14. The maximum atomic E-state index is 12.7. The van der Waals surface area contributed by atoms with Gasteiger partial charge in [-0.3, -0.25) is 4.79 Å². The highest BCUT2D eigenvalue weighted by Gasteiger charge is 2.43. The molecule has 3 heteroatoms. The predicted molar refractivity (Wildman–Crippen MR) is 67.6 cm³/mol. The molecule has 1 heterocycles. The fraction of sp³-hybridized carbons (Fsp3) is 0.929. The van der Waals surface area contributed by atoms with E-state index in [9.17, 15) is 9.90 Å². The summed E-state index contributed by atoms with van der Waals surface area (Å²) in [6, 6.07) is 0.0567. The summed E-state index contributed by atoms with van der Waals surface area (Å²) in [5, 5.41) is 9.44. The van der Waals surface area contributed by atoms with Crippen LogP contribution in [-0.4, -0.2) is 35.1 Å². The molecular weight excluding hydrogens is 214 g/mol. The van der Waals surface area contributed by atoms with Gasteiger partial charge in [-0.15, -0.1) is 0 Å². The number of likely N-dealkylation sites (tertiary alicyclic amines) is 1. The predicted octanol–water partition coefficient (Wildman–Crippen LogP) is 2.19. The van der Waals surface area contributed by atoms with Gasteiger partial charge in [0.05, 0.1) is 12.6 Å². The minimum absolute atomic E-state index is 0.0567. The van der Waals surface area contributed by atoms with Crippen molar-refractivity contribution in [1.29, 1.82) is 0 Å². The van der Waals surface area contributed by atoms with Gasteiger partial charge in [0.25, 0.3) is 0 Å². The Morgan fingerprint density at radius 2 is 2.00 bits per heavy atom. The number of aliphatic hydroxyl groups is 1. The van der Waals surface area contributed by atoms with Crippen molar-refractivity contribution in [2.75, 3.05) is 13.2 Å². The highest BCUT2D eigenvalue weighted by Crippen LogP contribution is 2.39. The molecule has 1 saturated carbocycles. The van der Waals surface area contributed by atoms with Crippen LogP contribution in [0.25, 0.3) is 0 Å². The first-order valence-electron chi connectivity index (χ1n) is 7.00. The van der Waals surface area contributed by atoms with Crippen LogP contribution in [0.4, 0.5) is 0 Å². The zero-order valence-corrected chi connectivity index (χ0v) is 11.1. The van der Waals surface area contributed by atoms with Crippen LogP contribution in [0.15, 0.2) is 0 Å². The quantitative estimate of drug-likeness (QED) is 0.802. The SMILES string of the molecule is CC1CCN(C(=O)C2(C)CCCCC2)C1CO. The van der Waals surface area contributed by atoms with Gasteiger partial charge in [-0.25, -0.2) is 0 Å². The summed E-state index contributed by atoms with van der Waals surface area (Å²) < 4.78 is 0. The molecule has 2 fully saturated rings. The second kappa shape index (κ2) is 4.97. The average Bonchev–Trinajstić information content (AvgIpc) is 2.70. The number of hydrogen-bond acceptors (Lipinski definition) is 2. The van der Waals surface area contributed by atoms with Crippen molar-refractivity contribution in [1.82, 2.24) is 4.90 Å². The first-order valence-corrected chi connectivity index (χ1v) is 7.00. The number of nitrogens with zero attached hydrogens (tertiary/aromatic N) is 1. The van der Waals surface area contributed by atoms with Gasteiger partial charge in [0.15, 0.2) is 0 Å². The van der Waals surface area contributed by atoms with E-state index in [4.69, 9.17) is 0 Å². The van der Waals surface area contributed by atoms with E-state index in [2.05, 4.69) is 13.8 Å². The van der Waals surface area contributed by atoms with Gasteiger partial charge in [0.1, 0.15) is 0 Å². The molecule has 1 amide bonds. The van der Waals surface area contributed by atoms with Crippen LogP contribution in [0.2, 0.25) is 0 Å². The smallest absolute Gasteiger partial charge is 0.228 e. The summed E-state index contributed by atoms with van der Waals surface area (Å²) in [5.74, 6) is 0.733.